The van der Waals surface area contributed by atoms with Gasteiger partial charge in [0.25, 0.3) is 0 Å². The Morgan fingerprint density at radius 1 is 0.967 bits per heavy atom. The number of hydrogen-bond donors (Lipinski definition) is 2. The van der Waals surface area contributed by atoms with Crippen LogP contribution in [-0.2, 0) is 14.3 Å². The quantitative estimate of drug-likeness (QED) is 0.314. The third kappa shape index (κ3) is 11.3. The van der Waals surface area contributed by atoms with Crippen LogP contribution in [0, 0.1) is 29.6 Å². The number of carbonyl (C=O) groups excluding carboxylic acids is 2. The van der Waals surface area contributed by atoms with Gasteiger partial charge in [0.15, 0.2) is 0 Å². The second-order valence-corrected chi connectivity index (χ2v) is 11.1. The molecule has 0 aromatic heterocycles. The molecular weight excluding hydrogens is 376 g/mol. The summed E-state index contributed by atoms with van der Waals surface area (Å²) in [6, 6.07) is 0. The van der Waals surface area contributed by atoms with Gasteiger partial charge in [0.05, 0.1) is 11.8 Å². The van der Waals surface area contributed by atoms with Crippen LogP contribution in [0.2, 0.25) is 0 Å². The molecule has 0 aromatic carbocycles. The average molecular weight is 425 g/mol. The van der Waals surface area contributed by atoms with Gasteiger partial charge in [-0.1, -0.05) is 72.6 Å². The maximum absolute atomic E-state index is 13.1. The highest BCUT2D eigenvalue weighted by molar-refractivity contribution is 5.85. The van der Waals surface area contributed by atoms with Crippen molar-refractivity contribution >= 4 is 11.9 Å². The normalized spacial score (nSPS) is 17.8. The summed E-state index contributed by atoms with van der Waals surface area (Å²) in [5.41, 5.74) is 5.35. The van der Waals surface area contributed by atoms with Crippen LogP contribution in [-0.4, -0.2) is 24.0 Å². The zero-order chi connectivity index (χ0) is 22.7. The predicted octanol–water partition coefficient (Wildman–Crippen LogP) is 5.63. The van der Waals surface area contributed by atoms with E-state index >= 15 is 0 Å². The van der Waals surface area contributed by atoms with Crippen LogP contribution in [0.5, 0.6) is 0 Å². The third-order valence-corrected chi connectivity index (χ3v) is 5.83. The van der Waals surface area contributed by atoms with Crippen molar-refractivity contribution in [2.24, 2.45) is 29.6 Å². The van der Waals surface area contributed by atoms with Crippen molar-refractivity contribution in [2.75, 3.05) is 6.54 Å². The number of hydrogen-bond acceptors (Lipinski definition) is 4. The SMILES string of the molecule is CC(C)CNNC(=O)[C@H](CC(C)C)C(CCCC1CCCCC1)C(=O)OC(C)(C)C. The molecule has 1 saturated carbocycles. The average Bonchev–Trinajstić information content (AvgIpc) is 2.62. The molecule has 0 radical (unpaired) electrons. The van der Waals surface area contributed by atoms with Gasteiger partial charge >= 0.3 is 5.97 Å². The Hall–Kier alpha value is -1.10. The Kier molecular flexibility index (Phi) is 12.0. The first kappa shape index (κ1) is 26.9. The van der Waals surface area contributed by atoms with Crippen LogP contribution in [0.4, 0.5) is 0 Å². The van der Waals surface area contributed by atoms with E-state index in [1.165, 1.54) is 32.1 Å². The van der Waals surface area contributed by atoms with Gasteiger partial charge in [-0.05, 0) is 51.4 Å². The van der Waals surface area contributed by atoms with Gasteiger partial charge in [-0.15, -0.1) is 0 Å². The van der Waals surface area contributed by atoms with Gasteiger partial charge in [-0.25, -0.2) is 5.43 Å². The first-order chi connectivity index (χ1) is 14.0. The number of nitrogens with one attached hydrogen (secondary N) is 2. The molecule has 0 saturated heterocycles. The Labute approximate surface area is 185 Å². The highest BCUT2D eigenvalue weighted by Crippen LogP contribution is 2.32. The van der Waals surface area contributed by atoms with Crippen molar-refractivity contribution in [3.63, 3.8) is 0 Å². The maximum Gasteiger partial charge on any atom is 0.310 e. The molecule has 5 heteroatoms. The first-order valence-corrected chi connectivity index (χ1v) is 12.2. The molecule has 2 N–H and O–H groups in total. The molecule has 1 amide bonds. The standard InChI is InChI=1S/C25H48N2O3/c1-18(2)16-22(23(28)27-26-17-19(3)4)21(24(29)30-25(5,6)7)15-11-14-20-12-9-8-10-13-20/h18-22,26H,8-17H2,1-7H3,(H,27,28)/t21?,22-/m1/s1. The summed E-state index contributed by atoms with van der Waals surface area (Å²) in [6.45, 7) is 14.8. The van der Waals surface area contributed by atoms with E-state index in [0.717, 1.165) is 25.2 Å². The lowest BCUT2D eigenvalue weighted by Gasteiger charge is -2.30. The van der Waals surface area contributed by atoms with E-state index in [1.807, 2.05) is 20.8 Å². The second-order valence-electron chi connectivity index (χ2n) is 11.1. The summed E-state index contributed by atoms with van der Waals surface area (Å²) in [5, 5.41) is 0. The molecule has 0 heterocycles. The van der Waals surface area contributed by atoms with Gasteiger partial charge in [-0.3, -0.25) is 15.0 Å². The molecule has 1 rings (SSSR count). The molecule has 0 aliphatic heterocycles. The topological polar surface area (TPSA) is 67.4 Å². The van der Waals surface area contributed by atoms with E-state index in [0.29, 0.717) is 24.8 Å². The highest BCUT2D eigenvalue weighted by atomic mass is 16.6. The zero-order valence-electron chi connectivity index (χ0n) is 20.7. The van der Waals surface area contributed by atoms with Crippen molar-refractivity contribution in [3.05, 3.63) is 0 Å². The first-order valence-electron chi connectivity index (χ1n) is 12.2. The summed E-state index contributed by atoms with van der Waals surface area (Å²) >= 11 is 0. The minimum Gasteiger partial charge on any atom is -0.460 e. The molecule has 176 valence electrons. The molecule has 1 aliphatic carbocycles. The molecular formula is C25H48N2O3. The lowest BCUT2D eigenvalue weighted by Crippen LogP contribution is -2.47. The Bertz CT molecular complexity index is 505. The summed E-state index contributed by atoms with van der Waals surface area (Å²) in [4.78, 5) is 26.2. The van der Waals surface area contributed by atoms with Crippen LogP contribution < -0.4 is 10.9 Å². The third-order valence-electron chi connectivity index (χ3n) is 5.83. The van der Waals surface area contributed by atoms with Crippen molar-refractivity contribution < 1.29 is 14.3 Å². The minimum absolute atomic E-state index is 0.0853. The minimum atomic E-state index is -0.548. The molecule has 1 aliphatic rings. The van der Waals surface area contributed by atoms with Gasteiger partial charge in [0.2, 0.25) is 5.91 Å². The summed E-state index contributed by atoms with van der Waals surface area (Å²) in [6.07, 6.45) is 10.2. The van der Waals surface area contributed by atoms with Crippen LogP contribution in [0.25, 0.3) is 0 Å². The molecule has 0 bridgehead atoms. The number of hydrazine groups is 1. The smallest absolute Gasteiger partial charge is 0.310 e. The molecule has 30 heavy (non-hydrogen) atoms. The van der Waals surface area contributed by atoms with E-state index in [-0.39, 0.29) is 17.8 Å². The van der Waals surface area contributed by atoms with Gasteiger partial charge < -0.3 is 4.74 Å². The maximum atomic E-state index is 13.1. The molecule has 2 atom stereocenters. The number of esters is 1. The lowest BCUT2D eigenvalue weighted by atomic mass is 9.79. The second kappa shape index (κ2) is 13.3. The molecule has 1 unspecified atom stereocenters. The van der Waals surface area contributed by atoms with E-state index < -0.39 is 11.5 Å². The summed E-state index contributed by atoms with van der Waals surface area (Å²) in [5.74, 6) is 0.471. The number of amides is 1. The van der Waals surface area contributed by atoms with Crippen molar-refractivity contribution in [1.82, 2.24) is 10.9 Å². The van der Waals surface area contributed by atoms with Gasteiger partial charge in [0, 0.05) is 6.54 Å². The van der Waals surface area contributed by atoms with E-state index in [9.17, 15) is 9.59 Å². The van der Waals surface area contributed by atoms with Crippen LogP contribution in [0.15, 0.2) is 0 Å². The van der Waals surface area contributed by atoms with Crippen LogP contribution >= 0.6 is 0 Å². The van der Waals surface area contributed by atoms with Crippen molar-refractivity contribution in [3.8, 4) is 0 Å². The van der Waals surface area contributed by atoms with Gasteiger partial charge in [0.1, 0.15) is 5.60 Å². The zero-order valence-corrected chi connectivity index (χ0v) is 20.7. The number of ether oxygens (including phenoxy) is 1. The van der Waals surface area contributed by atoms with E-state index in [2.05, 4.69) is 38.5 Å². The Morgan fingerprint density at radius 2 is 1.60 bits per heavy atom. The molecule has 0 aromatic rings. The summed E-state index contributed by atoms with van der Waals surface area (Å²) in [7, 11) is 0. The molecule has 5 nitrogen and oxygen atoms in total. The largest absolute Gasteiger partial charge is 0.460 e. The van der Waals surface area contributed by atoms with Crippen LogP contribution in [0.3, 0.4) is 0 Å². The number of carbonyl (C=O) groups is 2. The highest BCUT2D eigenvalue weighted by Gasteiger charge is 2.36. The monoisotopic (exact) mass is 424 g/mol. The molecule has 1 fully saturated rings. The van der Waals surface area contributed by atoms with E-state index in [4.69, 9.17) is 4.74 Å². The van der Waals surface area contributed by atoms with Crippen molar-refractivity contribution in [1.29, 1.82) is 0 Å². The molecule has 0 spiro atoms. The fourth-order valence-electron chi connectivity index (χ4n) is 4.36. The Morgan fingerprint density at radius 3 is 2.13 bits per heavy atom. The summed E-state index contributed by atoms with van der Waals surface area (Å²) < 4.78 is 5.76. The fraction of sp³-hybridized carbons (Fsp3) is 0.920. The number of rotatable bonds is 12. The Balaban J connectivity index is 2.86. The predicted molar refractivity (Wildman–Crippen MR) is 124 cm³/mol. The lowest BCUT2D eigenvalue weighted by molar-refractivity contribution is -0.164. The van der Waals surface area contributed by atoms with Gasteiger partial charge in [-0.2, -0.15) is 0 Å². The van der Waals surface area contributed by atoms with E-state index in [1.54, 1.807) is 0 Å². The van der Waals surface area contributed by atoms with Crippen LogP contribution in [0.1, 0.15) is 106 Å². The van der Waals surface area contributed by atoms with Crippen molar-refractivity contribution in [2.45, 2.75) is 112 Å². The fourth-order valence-corrected chi connectivity index (χ4v) is 4.36.